The van der Waals surface area contributed by atoms with E-state index >= 15 is 0 Å². The highest BCUT2D eigenvalue weighted by atomic mass is 35.5. The van der Waals surface area contributed by atoms with Gasteiger partial charge in [0.15, 0.2) is 0 Å². The maximum absolute atomic E-state index is 6.04. The van der Waals surface area contributed by atoms with Gasteiger partial charge in [-0.05, 0) is 31.2 Å². The molecule has 0 spiro atoms. The minimum Gasteiger partial charge on any atom is -0.355 e. The minimum atomic E-state index is 0.300. The average molecular weight is 351 g/mol. The van der Waals surface area contributed by atoms with Gasteiger partial charge in [-0.2, -0.15) is 0 Å². The van der Waals surface area contributed by atoms with Crippen molar-refractivity contribution in [3.05, 3.63) is 34.3 Å². The topological polar surface area (TPSA) is 41.9 Å². The molecule has 4 nitrogen and oxygen atoms in total. The van der Waals surface area contributed by atoms with E-state index in [2.05, 4.69) is 28.7 Å². The third kappa shape index (κ3) is 3.59. The van der Waals surface area contributed by atoms with Crippen molar-refractivity contribution in [2.75, 3.05) is 18.0 Å². The van der Waals surface area contributed by atoms with E-state index in [0.29, 0.717) is 15.6 Å². The smallest absolute Gasteiger partial charge is 0.147 e. The van der Waals surface area contributed by atoms with Gasteiger partial charge in [0.2, 0.25) is 0 Å². The molecule has 0 amide bonds. The fourth-order valence-electron chi connectivity index (χ4n) is 2.80. The zero-order chi connectivity index (χ0) is 16.6. The summed E-state index contributed by atoms with van der Waals surface area (Å²) in [5.41, 5.74) is 2.91. The van der Waals surface area contributed by atoms with Gasteiger partial charge in [-0.15, -0.1) is 0 Å². The number of halogens is 2. The molecular formula is C17H20Cl2N4. The van der Waals surface area contributed by atoms with Crippen molar-refractivity contribution in [1.29, 1.82) is 0 Å². The Balaban J connectivity index is 1.85. The lowest BCUT2D eigenvalue weighted by Gasteiger charge is -2.37. The molecule has 0 atom stereocenters. The molecule has 2 aromatic heterocycles. The average Bonchev–Trinajstić information content (AvgIpc) is 2.50. The molecule has 6 heteroatoms. The zero-order valence-electron chi connectivity index (χ0n) is 13.6. The number of piperidine rings is 1. The van der Waals surface area contributed by atoms with E-state index in [1.807, 2.05) is 13.1 Å². The number of hydrogen-bond donors (Lipinski definition) is 0. The molecule has 3 rings (SSSR count). The van der Waals surface area contributed by atoms with Crippen molar-refractivity contribution < 1.29 is 0 Å². The van der Waals surface area contributed by atoms with E-state index in [1.165, 1.54) is 12.8 Å². The lowest BCUT2D eigenvalue weighted by atomic mass is 9.83. The summed E-state index contributed by atoms with van der Waals surface area (Å²) in [6.45, 7) is 8.65. The summed E-state index contributed by atoms with van der Waals surface area (Å²) in [4.78, 5) is 15.7. The van der Waals surface area contributed by atoms with Crippen LogP contribution >= 0.6 is 23.2 Å². The summed E-state index contributed by atoms with van der Waals surface area (Å²) in [6.07, 6.45) is 5.86. The van der Waals surface area contributed by atoms with Crippen LogP contribution in [0.5, 0.6) is 0 Å². The second-order valence-corrected chi connectivity index (χ2v) is 7.58. The van der Waals surface area contributed by atoms with Crippen LogP contribution in [0, 0.1) is 12.3 Å². The van der Waals surface area contributed by atoms with Crippen LogP contribution in [-0.2, 0) is 0 Å². The van der Waals surface area contributed by atoms with Gasteiger partial charge in [0.1, 0.15) is 11.0 Å². The molecule has 1 aliphatic heterocycles. The fraction of sp³-hybridized carbons (Fsp3) is 0.471. The maximum Gasteiger partial charge on any atom is 0.147 e. The molecule has 23 heavy (non-hydrogen) atoms. The minimum absolute atomic E-state index is 0.300. The standard InChI is InChI=1S/C17H20Cl2N4/c1-11-15(12-8-13(18)16(19)21-9-12)20-10-14(22-11)23-6-4-17(2,3)5-7-23/h8-10H,4-7H2,1-3H3. The molecule has 0 aromatic carbocycles. The normalized spacial score (nSPS) is 17.3. The summed E-state index contributed by atoms with van der Waals surface area (Å²) in [5.74, 6) is 0.940. The van der Waals surface area contributed by atoms with E-state index < -0.39 is 0 Å². The second-order valence-electron chi connectivity index (χ2n) is 6.81. The van der Waals surface area contributed by atoms with Crippen LogP contribution in [-0.4, -0.2) is 28.0 Å². The van der Waals surface area contributed by atoms with Crippen molar-refractivity contribution >= 4 is 29.0 Å². The number of nitrogens with zero attached hydrogens (tertiary/aromatic N) is 4. The van der Waals surface area contributed by atoms with Crippen molar-refractivity contribution in [2.24, 2.45) is 5.41 Å². The second kappa shape index (κ2) is 6.25. The maximum atomic E-state index is 6.04. The summed E-state index contributed by atoms with van der Waals surface area (Å²) >= 11 is 11.9. The molecule has 1 fully saturated rings. The van der Waals surface area contributed by atoms with Gasteiger partial charge < -0.3 is 4.90 Å². The van der Waals surface area contributed by atoms with E-state index in [-0.39, 0.29) is 0 Å². The molecule has 0 radical (unpaired) electrons. The number of pyridine rings is 1. The largest absolute Gasteiger partial charge is 0.355 e. The number of hydrogen-bond acceptors (Lipinski definition) is 4. The van der Waals surface area contributed by atoms with Crippen molar-refractivity contribution in [2.45, 2.75) is 33.6 Å². The Labute approximate surface area is 146 Å². The molecule has 0 N–H and O–H groups in total. The van der Waals surface area contributed by atoms with E-state index in [1.54, 1.807) is 12.3 Å². The Morgan fingerprint density at radius 2 is 1.78 bits per heavy atom. The molecule has 0 saturated carbocycles. The van der Waals surface area contributed by atoms with Gasteiger partial charge in [-0.25, -0.2) is 9.97 Å². The zero-order valence-corrected chi connectivity index (χ0v) is 15.1. The predicted octanol–water partition coefficient (Wildman–Crippen LogP) is 4.78. The summed E-state index contributed by atoms with van der Waals surface area (Å²) < 4.78 is 0. The molecule has 2 aromatic rings. The molecule has 0 aliphatic carbocycles. The number of rotatable bonds is 2. The first kappa shape index (κ1) is 16.5. The first-order valence-corrected chi connectivity index (χ1v) is 8.51. The molecule has 0 bridgehead atoms. The highest BCUT2D eigenvalue weighted by Crippen LogP contribution is 2.32. The number of anilines is 1. The Morgan fingerprint density at radius 3 is 2.39 bits per heavy atom. The number of aryl methyl sites for hydroxylation is 1. The Hall–Kier alpha value is -1.39. The monoisotopic (exact) mass is 350 g/mol. The first-order valence-electron chi connectivity index (χ1n) is 7.76. The summed E-state index contributed by atoms with van der Waals surface area (Å²) in [5, 5.41) is 0.723. The van der Waals surface area contributed by atoms with Crippen molar-refractivity contribution in [3.8, 4) is 11.3 Å². The van der Waals surface area contributed by atoms with Gasteiger partial charge in [-0.1, -0.05) is 37.0 Å². The summed E-state index contributed by atoms with van der Waals surface area (Å²) in [6, 6.07) is 1.77. The van der Waals surface area contributed by atoms with Gasteiger partial charge in [0, 0.05) is 24.8 Å². The molecule has 0 unspecified atom stereocenters. The number of aromatic nitrogens is 3. The van der Waals surface area contributed by atoms with Gasteiger partial charge in [0.05, 0.1) is 22.6 Å². The van der Waals surface area contributed by atoms with Crippen LogP contribution in [0.1, 0.15) is 32.4 Å². The fourth-order valence-corrected chi connectivity index (χ4v) is 3.07. The molecule has 3 heterocycles. The van der Waals surface area contributed by atoms with E-state index in [4.69, 9.17) is 28.2 Å². The van der Waals surface area contributed by atoms with Gasteiger partial charge in [-0.3, -0.25) is 4.98 Å². The quantitative estimate of drug-likeness (QED) is 0.730. The highest BCUT2D eigenvalue weighted by molar-refractivity contribution is 6.41. The Morgan fingerprint density at radius 1 is 1.09 bits per heavy atom. The van der Waals surface area contributed by atoms with Crippen LogP contribution in [0.3, 0.4) is 0 Å². The van der Waals surface area contributed by atoms with E-state index in [0.717, 1.165) is 35.9 Å². The van der Waals surface area contributed by atoms with Crippen LogP contribution in [0.25, 0.3) is 11.3 Å². The first-order chi connectivity index (χ1) is 10.9. The molecule has 1 saturated heterocycles. The lowest BCUT2D eigenvalue weighted by molar-refractivity contribution is 0.279. The van der Waals surface area contributed by atoms with Crippen LogP contribution in [0.15, 0.2) is 18.5 Å². The van der Waals surface area contributed by atoms with E-state index in [9.17, 15) is 0 Å². The van der Waals surface area contributed by atoms with Crippen molar-refractivity contribution in [3.63, 3.8) is 0 Å². The third-order valence-electron chi connectivity index (χ3n) is 4.44. The molecular weight excluding hydrogens is 331 g/mol. The summed E-state index contributed by atoms with van der Waals surface area (Å²) in [7, 11) is 0. The Bertz CT molecular complexity index is 721. The van der Waals surface area contributed by atoms with Crippen LogP contribution < -0.4 is 4.90 Å². The molecule has 122 valence electrons. The van der Waals surface area contributed by atoms with Gasteiger partial charge >= 0.3 is 0 Å². The third-order valence-corrected chi connectivity index (χ3v) is 5.13. The van der Waals surface area contributed by atoms with Crippen LogP contribution in [0.2, 0.25) is 10.2 Å². The van der Waals surface area contributed by atoms with Gasteiger partial charge in [0.25, 0.3) is 0 Å². The lowest BCUT2D eigenvalue weighted by Crippen LogP contribution is -2.37. The Kier molecular flexibility index (Phi) is 4.47. The van der Waals surface area contributed by atoms with Crippen LogP contribution in [0.4, 0.5) is 5.82 Å². The molecule has 1 aliphatic rings. The SMILES string of the molecule is Cc1nc(N2CCC(C)(C)CC2)cnc1-c1cnc(Cl)c(Cl)c1. The predicted molar refractivity (Wildman–Crippen MR) is 95.2 cm³/mol. The van der Waals surface area contributed by atoms with Crippen molar-refractivity contribution in [1.82, 2.24) is 15.0 Å². The highest BCUT2D eigenvalue weighted by Gasteiger charge is 2.26.